The molecule has 0 amide bonds. The summed E-state index contributed by atoms with van der Waals surface area (Å²) >= 11 is 6.05. The van der Waals surface area contributed by atoms with E-state index in [4.69, 9.17) is 16.6 Å². The fraction of sp³-hybridized carbons (Fsp3) is 0. The fourth-order valence-corrected chi connectivity index (χ4v) is 3.57. The van der Waals surface area contributed by atoms with E-state index in [1.54, 1.807) is 24.3 Å². The lowest BCUT2D eigenvalue weighted by atomic mass is 10.2. The maximum atomic E-state index is 11.2. The van der Waals surface area contributed by atoms with Crippen LogP contribution in [0.15, 0.2) is 72.8 Å². The van der Waals surface area contributed by atoms with Crippen LogP contribution in [0.4, 0.5) is 0 Å². The number of aromatic nitrogens is 3. The molecule has 5 rings (SSSR count). The number of halogens is 1. The maximum absolute atomic E-state index is 11.2. The average Bonchev–Trinajstić information content (AvgIpc) is 3.25. The summed E-state index contributed by atoms with van der Waals surface area (Å²) in [5, 5.41) is 10.9. The zero-order chi connectivity index (χ0) is 19.3. The van der Waals surface area contributed by atoms with Gasteiger partial charge in [-0.05, 0) is 54.6 Å². The molecule has 0 unspecified atom stereocenters. The second-order valence-electron chi connectivity index (χ2n) is 6.50. The first-order chi connectivity index (χ1) is 13.6. The molecular formula is C22H14ClN3O2. The lowest BCUT2D eigenvalue weighted by Gasteiger charge is -2.09. The Hall–Kier alpha value is -3.57. The van der Waals surface area contributed by atoms with E-state index < -0.39 is 5.97 Å². The van der Waals surface area contributed by atoms with Gasteiger partial charge in [-0.1, -0.05) is 29.8 Å². The summed E-state index contributed by atoms with van der Waals surface area (Å²) in [6.07, 6.45) is 0. The summed E-state index contributed by atoms with van der Waals surface area (Å²) in [6, 6.07) is 22.3. The molecule has 6 heteroatoms. The van der Waals surface area contributed by atoms with Crippen molar-refractivity contribution in [3.8, 4) is 17.1 Å². The predicted molar refractivity (Wildman–Crippen MR) is 110 cm³/mol. The highest BCUT2D eigenvalue weighted by molar-refractivity contribution is 6.30. The van der Waals surface area contributed by atoms with E-state index in [9.17, 15) is 9.90 Å². The quantitative estimate of drug-likeness (QED) is 0.428. The minimum atomic E-state index is -0.953. The Kier molecular flexibility index (Phi) is 3.70. The van der Waals surface area contributed by atoms with Crippen LogP contribution in [-0.2, 0) is 0 Å². The second-order valence-corrected chi connectivity index (χ2v) is 6.93. The van der Waals surface area contributed by atoms with Crippen molar-refractivity contribution in [1.29, 1.82) is 0 Å². The van der Waals surface area contributed by atoms with Crippen molar-refractivity contribution in [2.24, 2.45) is 0 Å². The topological polar surface area (TPSA) is 70.9 Å². The van der Waals surface area contributed by atoms with E-state index in [1.165, 1.54) is 0 Å². The number of rotatable bonds is 3. The average molecular weight is 388 g/mol. The van der Waals surface area contributed by atoms with Gasteiger partial charge in [0.05, 0.1) is 5.56 Å². The normalized spacial score (nSPS) is 11.3. The Bertz CT molecular complexity index is 1330. The highest BCUT2D eigenvalue weighted by atomic mass is 35.5. The van der Waals surface area contributed by atoms with Crippen LogP contribution in [0.25, 0.3) is 39.1 Å². The van der Waals surface area contributed by atoms with Crippen LogP contribution < -0.4 is 0 Å². The smallest absolute Gasteiger partial charge is 0.335 e. The van der Waals surface area contributed by atoms with Crippen LogP contribution in [0, 0.1) is 0 Å². The van der Waals surface area contributed by atoms with Gasteiger partial charge in [-0.25, -0.2) is 9.78 Å². The number of para-hydroxylation sites is 1. The Morgan fingerprint density at radius 1 is 0.964 bits per heavy atom. The van der Waals surface area contributed by atoms with Crippen molar-refractivity contribution in [3.63, 3.8) is 0 Å². The minimum absolute atomic E-state index is 0.241. The zero-order valence-electron chi connectivity index (χ0n) is 14.6. The number of aromatic carboxylic acids is 1. The van der Waals surface area contributed by atoms with Gasteiger partial charge in [-0.3, -0.25) is 4.57 Å². The summed E-state index contributed by atoms with van der Waals surface area (Å²) in [5.41, 5.74) is 4.70. The van der Waals surface area contributed by atoms with Gasteiger partial charge in [-0.15, -0.1) is 0 Å². The summed E-state index contributed by atoms with van der Waals surface area (Å²) in [6.45, 7) is 0. The number of carboxylic acids is 1. The van der Waals surface area contributed by atoms with Crippen molar-refractivity contribution in [1.82, 2.24) is 14.5 Å². The lowest BCUT2D eigenvalue weighted by Crippen LogP contribution is -2.00. The number of carboxylic acid groups (broad SMARTS) is 1. The predicted octanol–water partition coefficient (Wildman–Crippen LogP) is 5.53. The van der Waals surface area contributed by atoms with Gasteiger partial charge in [0.25, 0.3) is 0 Å². The lowest BCUT2D eigenvalue weighted by molar-refractivity contribution is 0.0697. The molecule has 136 valence electrons. The number of H-pyrrole nitrogens is 1. The molecule has 0 atom stereocenters. The van der Waals surface area contributed by atoms with Crippen LogP contribution >= 0.6 is 11.6 Å². The van der Waals surface area contributed by atoms with Gasteiger partial charge >= 0.3 is 5.97 Å². The molecule has 28 heavy (non-hydrogen) atoms. The third-order valence-corrected chi connectivity index (χ3v) is 5.04. The Morgan fingerprint density at radius 3 is 2.39 bits per heavy atom. The van der Waals surface area contributed by atoms with E-state index in [2.05, 4.69) is 4.98 Å². The molecule has 0 radical (unpaired) electrons. The molecule has 0 spiro atoms. The third kappa shape index (κ3) is 2.56. The van der Waals surface area contributed by atoms with Crippen LogP contribution in [0.5, 0.6) is 0 Å². The number of hydrogen-bond acceptors (Lipinski definition) is 2. The number of aromatic amines is 1. The zero-order valence-corrected chi connectivity index (χ0v) is 15.3. The minimum Gasteiger partial charge on any atom is -0.478 e. The number of nitrogens with one attached hydrogen (secondary N) is 1. The van der Waals surface area contributed by atoms with Crippen LogP contribution in [0.1, 0.15) is 10.4 Å². The second kappa shape index (κ2) is 6.25. The Balaban J connectivity index is 1.81. The first-order valence-corrected chi connectivity index (χ1v) is 9.08. The summed E-state index contributed by atoms with van der Waals surface area (Å²) in [5.74, 6) is -0.197. The van der Waals surface area contributed by atoms with Crippen molar-refractivity contribution >= 4 is 39.6 Å². The highest BCUT2D eigenvalue weighted by Gasteiger charge is 2.18. The molecule has 0 fully saturated rings. The maximum Gasteiger partial charge on any atom is 0.335 e. The molecule has 5 nitrogen and oxygen atoms in total. The Morgan fingerprint density at radius 2 is 1.68 bits per heavy atom. The molecule has 0 saturated carbocycles. The summed E-state index contributed by atoms with van der Waals surface area (Å²) in [4.78, 5) is 19.6. The van der Waals surface area contributed by atoms with Gasteiger partial charge in [0.1, 0.15) is 17.0 Å². The van der Waals surface area contributed by atoms with Gasteiger partial charge < -0.3 is 10.1 Å². The van der Waals surface area contributed by atoms with Crippen LogP contribution in [0.3, 0.4) is 0 Å². The SMILES string of the molecule is O=C(O)c1ccc(-n2c(-c3ccc(Cl)cc3)nc3c4ccccc4[nH]c32)cc1. The van der Waals surface area contributed by atoms with Crippen LogP contribution in [-0.4, -0.2) is 25.6 Å². The van der Waals surface area contributed by atoms with Crippen LogP contribution in [0.2, 0.25) is 5.02 Å². The number of fused-ring (bicyclic) bond motifs is 3. The van der Waals surface area contributed by atoms with Crippen molar-refractivity contribution in [2.45, 2.75) is 0 Å². The number of nitrogens with zero attached hydrogens (tertiary/aromatic N) is 2. The monoisotopic (exact) mass is 387 g/mol. The molecule has 0 aliphatic carbocycles. The number of benzene rings is 3. The number of imidazole rings is 1. The van der Waals surface area contributed by atoms with E-state index in [-0.39, 0.29) is 5.56 Å². The number of hydrogen-bond donors (Lipinski definition) is 2. The van der Waals surface area contributed by atoms with Gasteiger partial charge in [0.15, 0.2) is 0 Å². The van der Waals surface area contributed by atoms with E-state index in [0.29, 0.717) is 5.02 Å². The van der Waals surface area contributed by atoms with Crippen molar-refractivity contribution < 1.29 is 9.90 Å². The molecule has 0 aliphatic heterocycles. The molecule has 0 aliphatic rings. The van der Waals surface area contributed by atoms with E-state index in [0.717, 1.165) is 39.1 Å². The molecule has 3 aromatic carbocycles. The molecule has 0 saturated heterocycles. The molecule has 0 bridgehead atoms. The summed E-state index contributed by atoms with van der Waals surface area (Å²) in [7, 11) is 0. The molecule has 2 N–H and O–H groups in total. The van der Waals surface area contributed by atoms with Gasteiger partial charge in [0, 0.05) is 27.2 Å². The number of carbonyl (C=O) groups is 1. The van der Waals surface area contributed by atoms with E-state index >= 15 is 0 Å². The third-order valence-electron chi connectivity index (χ3n) is 4.79. The first kappa shape index (κ1) is 16.6. The molecule has 2 aromatic heterocycles. The summed E-state index contributed by atoms with van der Waals surface area (Å²) < 4.78 is 2.00. The molecular weight excluding hydrogens is 374 g/mol. The molecule has 5 aromatic rings. The largest absolute Gasteiger partial charge is 0.478 e. The fourth-order valence-electron chi connectivity index (χ4n) is 3.45. The van der Waals surface area contributed by atoms with Gasteiger partial charge in [0.2, 0.25) is 0 Å². The first-order valence-electron chi connectivity index (χ1n) is 8.70. The van der Waals surface area contributed by atoms with Gasteiger partial charge in [-0.2, -0.15) is 0 Å². The highest BCUT2D eigenvalue weighted by Crippen LogP contribution is 2.33. The molecule has 2 heterocycles. The van der Waals surface area contributed by atoms with E-state index in [1.807, 2.05) is 53.1 Å². The Labute approximate surface area is 164 Å². The van der Waals surface area contributed by atoms with Crippen molar-refractivity contribution in [2.75, 3.05) is 0 Å². The van der Waals surface area contributed by atoms with Crippen molar-refractivity contribution in [3.05, 3.63) is 83.4 Å². The standard InChI is InChI=1S/C22H14ClN3O2/c23-15-9-5-13(6-10-15)20-25-19-17-3-1-2-4-18(17)24-21(19)26(20)16-11-7-14(8-12-16)22(27)28/h1-12,24H,(H,27,28).